The highest BCUT2D eigenvalue weighted by Crippen LogP contribution is 2.36. The second-order valence-electron chi connectivity index (χ2n) is 4.66. The molecular formula is C16H14ClN3O5. The Labute approximate surface area is 148 Å². The van der Waals surface area contributed by atoms with Crippen molar-refractivity contribution in [2.24, 2.45) is 5.10 Å². The van der Waals surface area contributed by atoms with E-state index in [0.29, 0.717) is 11.1 Å². The van der Waals surface area contributed by atoms with Crippen LogP contribution in [0, 0.1) is 0 Å². The first-order valence-corrected chi connectivity index (χ1v) is 7.34. The molecule has 2 rings (SSSR count). The van der Waals surface area contributed by atoms with E-state index in [2.05, 4.69) is 15.5 Å². The number of aliphatic carboxylic acids is 1. The molecule has 0 atom stereocenters. The van der Waals surface area contributed by atoms with Crippen molar-refractivity contribution in [3.05, 3.63) is 52.8 Å². The molecule has 1 aromatic heterocycles. The topological polar surface area (TPSA) is 110 Å². The van der Waals surface area contributed by atoms with Gasteiger partial charge >= 0.3 is 5.97 Å². The highest BCUT2D eigenvalue weighted by Gasteiger charge is 2.13. The maximum atomic E-state index is 11.8. The molecule has 0 bridgehead atoms. The van der Waals surface area contributed by atoms with Gasteiger partial charge in [-0.1, -0.05) is 11.6 Å². The van der Waals surface area contributed by atoms with E-state index in [1.165, 1.54) is 25.6 Å². The predicted octanol–water partition coefficient (Wildman–Crippen LogP) is 1.97. The molecule has 0 aliphatic rings. The van der Waals surface area contributed by atoms with Crippen LogP contribution in [-0.4, -0.2) is 41.9 Å². The number of hydrogen-bond acceptors (Lipinski definition) is 6. The van der Waals surface area contributed by atoms with Crippen molar-refractivity contribution in [2.75, 3.05) is 13.7 Å². The van der Waals surface area contributed by atoms with Crippen LogP contribution in [-0.2, 0) is 4.79 Å². The van der Waals surface area contributed by atoms with Crippen molar-refractivity contribution < 1.29 is 24.2 Å². The Kier molecular flexibility index (Phi) is 6.30. The van der Waals surface area contributed by atoms with Gasteiger partial charge in [-0.15, -0.1) is 0 Å². The largest absolute Gasteiger partial charge is 0.493 e. The van der Waals surface area contributed by atoms with Crippen LogP contribution >= 0.6 is 11.6 Å². The van der Waals surface area contributed by atoms with E-state index in [4.69, 9.17) is 26.2 Å². The van der Waals surface area contributed by atoms with Gasteiger partial charge in [-0.2, -0.15) is 5.10 Å². The monoisotopic (exact) mass is 363 g/mol. The molecular weight excluding hydrogens is 350 g/mol. The quantitative estimate of drug-likeness (QED) is 0.575. The van der Waals surface area contributed by atoms with Gasteiger partial charge in [0.15, 0.2) is 18.1 Å². The van der Waals surface area contributed by atoms with Gasteiger partial charge in [0.05, 0.1) is 23.9 Å². The fourth-order valence-electron chi connectivity index (χ4n) is 1.82. The molecule has 1 aromatic carbocycles. The smallest absolute Gasteiger partial charge is 0.341 e. The van der Waals surface area contributed by atoms with Crippen LogP contribution in [0.5, 0.6) is 11.5 Å². The van der Waals surface area contributed by atoms with Crippen molar-refractivity contribution in [3.63, 3.8) is 0 Å². The number of ether oxygens (including phenoxy) is 2. The standard InChI is InChI=1S/C16H14ClN3O5/c1-24-13-6-10(5-12(17)15(13)25-9-14(21)22)7-19-20-16(23)11-3-2-4-18-8-11/h2-8H,9H2,1H3,(H,20,23)(H,21,22)/b19-7+. The lowest BCUT2D eigenvalue weighted by atomic mass is 10.2. The zero-order chi connectivity index (χ0) is 18.2. The normalized spacial score (nSPS) is 10.5. The number of benzene rings is 1. The van der Waals surface area contributed by atoms with Gasteiger partial charge in [-0.3, -0.25) is 9.78 Å². The summed E-state index contributed by atoms with van der Waals surface area (Å²) >= 11 is 6.08. The third kappa shape index (κ3) is 5.18. The molecule has 0 saturated carbocycles. The van der Waals surface area contributed by atoms with Gasteiger partial charge in [0, 0.05) is 12.4 Å². The number of carbonyl (C=O) groups excluding carboxylic acids is 1. The number of halogens is 1. The Morgan fingerprint density at radius 2 is 2.24 bits per heavy atom. The number of hydrogen-bond donors (Lipinski definition) is 2. The average molecular weight is 364 g/mol. The van der Waals surface area contributed by atoms with E-state index in [0.717, 1.165) is 0 Å². The second kappa shape index (κ2) is 8.65. The number of methoxy groups -OCH3 is 1. The summed E-state index contributed by atoms with van der Waals surface area (Å²) in [5.41, 5.74) is 3.25. The summed E-state index contributed by atoms with van der Waals surface area (Å²) in [6.07, 6.45) is 4.34. The third-order valence-electron chi connectivity index (χ3n) is 2.90. The number of carboxylic acid groups (broad SMARTS) is 1. The molecule has 25 heavy (non-hydrogen) atoms. The van der Waals surface area contributed by atoms with Crippen molar-refractivity contribution in [2.45, 2.75) is 0 Å². The number of hydrazone groups is 1. The van der Waals surface area contributed by atoms with E-state index in [1.807, 2.05) is 0 Å². The summed E-state index contributed by atoms with van der Waals surface area (Å²) in [6, 6.07) is 6.29. The molecule has 2 N–H and O–H groups in total. The molecule has 9 heteroatoms. The first-order valence-electron chi connectivity index (χ1n) is 6.97. The minimum Gasteiger partial charge on any atom is -0.493 e. The molecule has 8 nitrogen and oxygen atoms in total. The van der Waals surface area contributed by atoms with Crippen LogP contribution in [0.3, 0.4) is 0 Å². The van der Waals surface area contributed by atoms with E-state index in [-0.39, 0.29) is 16.5 Å². The first kappa shape index (κ1) is 18.2. The number of rotatable bonds is 7. The fraction of sp³-hybridized carbons (Fsp3) is 0.125. The highest BCUT2D eigenvalue weighted by atomic mass is 35.5. The van der Waals surface area contributed by atoms with Crippen molar-refractivity contribution in [1.82, 2.24) is 10.4 Å². The Morgan fingerprint density at radius 1 is 1.44 bits per heavy atom. The molecule has 1 amide bonds. The Balaban J connectivity index is 2.10. The molecule has 0 unspecified atom stereocenters. The number of carbonyl (C=O) groups is 2. The van der Waals surface area contributed by atoms with Gasteiger partial charge in [-0.25, -0.2) is 10.2 Å². The maximum absolute atomic E-state index is 11.8. The zero-order valence-corrected chi connectivity index (χ0v) is 13.9. The Hall–Kier alpha value is -3.13. The number of nitrogens with one attached hydrogen (secondary N) is 1. The number of carboxylic acids is 1. The molecule has 0 aliphatic carbocycles. The third-order valence-corrected chi connectivity index (χ3v) is 3.18. The summed E-state index contributed by atoms with van der Waals surface area (Å²) < 4.78 is 10.2. The van der Waals surface area contributed by atoms with Crippen LogP contribution in [0.2, 0.25) is 5.02 Å². The van der Waals surface area contributed by atoms with E-state index in [9.17, 15) is 9.59 Å². The lowest BCUT2D eigenvalue weighted by Gasteiger charge is -2.11. The SMILES string of the molecule is COc1cc(/C=N/NC(=O)c2cccnc2)cc(Cl)c1OCC(=O)O. The van der Waals surface area contributed by atoms with Crippen LogP contribution in [0.4, 0.5) is 0 Å². The maximum Gasteiger partial charge on any atom is 0.341 e. The summed E-state index contributed by atoms with van der Waals surface area (Å²) in [5.74, 6) is -1.19. The highest BCUT2D eigenvalue weighted by molar-refractivity contribution is 6.32. The summed E-state index contributed by atoms with van der Waals surface area (Å²) in [6.45, 7) is -0.551. The molecule has 1 heterocycles. The van der Waals surface area contributed by atoms with Gasteiger partial charge < -0.3 is 14.6 Å². The molecule has 0 saturated heterocycles. The van der Waals surface area contributed by atoms with Gasteiger partial charge in [0.1, 0.15) is 0 Å². The zero-order valence-electron chi connectivity index (χ0n) is 13.1. The minimum absolute atomic E-state index is 0.114. The van der Waals surface area contributed by atoms with E-state index in [1.54, 1.807) is 24.4 Å². The molecule has 0 spiro atoms. The lowest BCUT2D eigenvalue weighted by Crippen LogP contribution is -2.17. The molecule has 2 aromatic rings. The van der Waals surface area contributed by atoms with Crippen molar-refractivity contribution in [3.8, 4) is 11.5 Å². The fourth-order valence-corrected chi connectivity index (χ4v) is 2.09. The summed E-state index contributed by atoms with van der Waals surface area (Å²) in [7, 11) is 1.39. The van der Waals surface area contributed by atoms with E-state index >= 15 is 0 Å². The Morgan fingerprint density at radius 3 is 2.88 bits per heavy atom. The van der Waals surface area contributed by atoms with Crippen LogP contribution in [0.15, 0.2) is 41.8 Å². The second-order valence-corrected chi connectivity index (χ2v) is 5.06. The van der Waals surface area contributed by atoms with E-state index < -0.39 is 18.5 Å². The Bertz CT molecular complexity index is 796. The predicted molar refractivity (Wildman–Crippen MR) is 90.4 cm³/mol. The lowest BCUT2D eigenvalue weighted by molar-refractivity contribution is -0.139. The first-order chi connectivity index (χ1) is 12.0. The van der Waals surface area contributed by atoms with Crippen LogP contribution in [0.25, 0.3) is 0 Å². The van der Waals surface area contributed by atoms with Crippen molar-refractivity contribution in [1.29, 1.82) is 0 Å². The van der Waals surface area contributed by atoms with Crippen LogP contribution < -0.4 is 14.9 Å². The number of pyridine rings is 1. The molecule has 0 radical (unpaired) electrons. The number of amides is 1. The molecule has 0 fully saturated rings. The average Bonchev–Trinajstić information content (AvgIpc) is 2.60. The van der Waals surface area contributed by atoms with Gasteiger partial charge in [0.25, 0.3) is 5.91 Å². The minimum atomic E-state index is -1.14. The van der Waals surface area contributed by atoms with Crippen molar-refractivity contribution >= 4 is 29.7 Å². The van der Waals surface area contributed by atoms with Gasteiger partial charge in [-0.05, 0) is 29.8 Å². The summed E-state index contributed by atoms with van der Waals surface area (Å²) in [5, 5.41) is 12.7. The van der Waals surface area contributed by atoms with Crippen LogP contribution in [0.1, 0.15) is 15.9 Å². The number of nitrogens with zero attached hydrogens (tertiary/aromatic N) is 2. The molecule has 0 aliphatic heterocycles. The molecule has 130 valence electrons. The van der Waals surface area contributed by atoms with Gasteiger partial charge in [0.2, 0.25) is 0 Å². The number of aromatic nitrogens is 1. The summed E-state index contributed by atoms with van der Waals surface area (Å²) in [4.78, 5) is 26.3.